The summed E-state index contributed by atoms with van der Waals surface area (Å²) in [5.74, 6) is -0.364. The molecule has 0 radical (unpaired) electrons. The van der Waals surface area contributed by atoms with Gasteiger partial charge in [0.2, 0.25) is 0 Å². The lowest BCUT2D eigenvalue weighted by Crippen LogP contribution is -2.33. The Morgan fingerprint density at radius 3 is 2.33 bits per heavy atom. The van der Waals surface area contributed by atoms with Crippen LogP contribution >= 0.6 is 0 Å². The molecule has 18 heavy (non-hydrogen) atoms. The Bertz CT molecular complexity index is 401. The minimum Gasteiger partial charge on any atom is -0.497 e. The van der Waals surface area contributed by atoms with Gasteiger partial charge in [-0.15, -0.1) is 0 Å². The maximum absolute atomic E-state index is 13.8. The molecule has 4 heteroatoms. The van der Waals surface area contributed by atoms with Crippen LogP contribution in [0.3, 0.4) is 0 Å². The predicted octanol–water partition coefficient (Wildman–Crippen LogP) is 3.10. The maximum atomic E-state index is 13.8. The van der Waals surface area contributed by atoms with Crippen LogP contribution in [0.25, 0.3) is 0 Å². The molecule has 100 valence electrons. The van der Waals surface area contributed by atoms with E-state index in [-0.39, 0.29) is 11.5 Å². The van der Waals surface area contributed by atoms with E-state index in [0.29, 0.717) is 18.8 Å². The Balaban J connectivity index is 2.93. The molecule has 1 amide bonds. The number of methoxy groups -OCH3 is 1. The number of carbonyl (C=O) groups is 1. The number of nitrogens with zero attached hydrogens (tertiary/aromatic N) is 1. The number of ether oxygens (including phenoxy) is 1. The fourth-order valence-corrected chi connectivity index (χ4v) is 1.82. The van der Waals surface area contributed by atoms with Crippen LogP contribution in [0.4, 0.5) is 4.39 Å². The van der Waals surface area contributed by atoms with Crippen molar-refractivity contribution in [3.05, 3.63) is 29.6 Å². The van der Waals surface area contributed by atoms with Crippen molar-refractivity contribution in [2.75, 3.05) is 20.2 Å². The van der Waals surface area contributed by atoms with E-state index >= 15 is 0 Å². The van der Waals surface area contributed by atoms with Crippen LogP contribution in [-0.2, 0) is 0 Å². The first-order valence-electron chi connectivity index (χ1n) is 6.26. The largest absolute Gasteiger partial charge is 0.497 e. The molecular formula is C14H20FNO2. The zero-order chi connectivity index (χ0) is 13.5. The topological polar surface area (TPSA) is 29.5 Å². The quantitative estimate of drug-likeness (QED) is 0.779. The summed E-state index contributed by atoms with van der Waals surface area (Å²) in [6.07, 6.45) is 1.73. The van der Waals surface area contributed by atoms with Gasteiger partial charge in [-0.25, -0.2) is 4.39 Å². The van der Waals surface area contributed by atoms with E-state index in [2.05, 4.69) is 0 Å². The van der Waals surface area contributed by atoms with Gasteiger partial charge in [0.1, 0.15) is 11.6 Å². The second kappa shape index (κ2) is 6.99. The van der Waals surface area contributed by atoms with Crippen molar-refractivity contribution in [3.8, 4) is 5.75 Å². The lowest BCUT2D eigenvalue weighted by atomic mass is 10.1. The standard InChI is InChI=1S/C14H20FNO2/c1-4-8-16(9-5-2)14(17)12-7-6-11(18-3)10-13(12)15/h6-7,10H,4-5,8-9H2,1-3H3. The zero-order valence-corrected chi connectivity index (χ0v) is 11.2. The Kier molecular flexibility index (Phi) is 5.62. The highest BCUT2D eigenvalue weighted by Crippen LogP contribution is 2.18. The Morgan fingerprint density at radius 1 is 1.28 bits per heavy atom. The first-order chi connectivity index (χ1) is 8.63. The molecule has 0 unspecified atom stereocenters. The number of carbonyl (C=O) groups excluding carboxylic acids is 1. The average molecular weight is 253 g/mol. The van der Waals surface area contributed by atoms with Crippen LogP contribution in [0, 0.1) is 5.82 Å². The molecule has 0 aliphatic carbocycles. The normalized spacial score (nSPS) is 10.2. The molecule has 0 heterocycles. The number of benzene rings is 1. The summed E-state index contributed by atoms with van der Waals surface area (Å²) >= 11 is 0. The number of amides is 1. The second-order valence-electron chi connectivity index (χ2n) is 4.14. The lowest BCUT2D eigenvalue weighted by molar-refractivity contribution is 0.0751. The van der Waals surface area contributed by atoms with Gasteiger partial charge in [-0.2, -0.15) is 0 Å². The van der Waals surface area contributed by atoms with Crippen molar-refractivity contribution in [1.29, 1.82) is 0 Å². The Labute approximate surface area is 108 Å². The van der Waals surface area contributed by atoms with E-state index in [0.717, 1.165) is 12.8 Å². The van der Waals surface area contributed by atoms with Crippen molar-refractivity contribution in [2.24, 2.45) is 0 Å². The van der Waals surface area contributed by atoms with Crippen molar-refractivity contribution >= 4 is 5.91 Å². The van der Waals surface area contributed by atoms with Crippen molar-refractivity contribution in [3.63, 3.8) is 0 Å². The third-order valence-corrected chi connectivity index (χ3v) is 2.68. The van der Waals surface area contributed by atoms with Crippen LogP contribution in [0.15, 0.2) is 18.2 Å². The van der Waals surface area contributed by atoms with E-state index in [1.54, 1.807) is 11.0 Å². The molecule has 0 aromatic heterocycles. The molecule has 0 aliphatic heterocycles. The van der Waals surface area contributed by atoms with Crippen LogP contribution in [0.1, 0.15) is 37.0 Å². The molecule has 1 rings (SSSR count). The SMILES string of the molecule is CCCN(CCC)C(=O)c1ccc(OC)cc1F. The van der Waals surface area contributed by atoms with E-state index in [9.17, 15) is 9.18 Å². The maximum Gasteiger partial charge on any atom is 0.256 e. The molecule has 3 nitrogen and oxygen atoms in total. The minimum absolute atomic E-state index is 0.109. The second-order valence-corrected chi connectivity index (χ2v) is 4.14. The van der Waals surface area contributed by atoms with Gasteiger partial charge in [-0.3, -0.25) is 4.79 Å². The fraction of sp³-hybridized carbons (Fsp3) is 0.500. The molecule has 0 spiro atoms. The van der Waals surface area contributed by atoms with Crippen LogP contribution in [0.2, 0.25) is 0 Å². The van der Waals surface area contributed by atoms with Gasteiger partial charge in [0.25, 0.3) is 5.91 Å². The van der Waals surface area contributed by atoms with E-state index in [1.165, 1.54) is 19.2 Å². The summed E-state index contributed by atoms with van der Waals surface area (Å²) < 4.78 is 18.7. The van der Waals surface area contributed by atoms with Crippen LogP contribution in [0.5, 0.6) is 5.75 Å². The molecule has 0 bridgehead atoms. The minimum atomic E-state index is -0.531. The number of hydrogen-bond acceptors (Lipinski definition) is 2. The van der Waals surface area contributed by atoms with Gasteiger partial charge in [0.05, 0.1) is 12.7 Å². The summed E-state index contributed by atoms with van der Waals surface area (Å²) in [4.78, 5) is 13.9. The van der Waals surface area contributed by atoms with Crippen molar-refractivity contribution in [1.82, 2.24) is 4.90 Å². The highest BCUT2D eigenvalue weighted by Gasteiger charge is 2.18. The van der Waals surface area contributed by atoms with Crippen LogP contribution < -0.4 is 4.74 Å². The van der Waals surface area contributed by atoms with E-state index in [1.807, 2.05) is 13.8 Å². The summed E-state index contributed by atoms with van der Waals surface area (Å²) in [7, 11) is 1.47. The molecule has 0 fully saturated rings. The first kappa shape index (κ1) is 14.5. The fourth-order valence-electron chi connectivity index (χ4n) is 1.82. The van der Waals surface area contributed by atoms with E-state index < -0.39 is 5.82 Å². The molecule has 1 aromatic carbocycles. The van der Waals surface area contributed by atoms with Gasteiger partial charge in [-0.1, -0.05) is 13.8 Å². The summed E-state index contributed by atoms with van der Waals surface area (Å²) in [5.41, 5.74) is 0.109. The third-order valence-electron chi connectivity index (χ3n) is 2.68. The van der Waals surface area contributed by atoms with Crippen molar-refractivity contribution < 1.29 is 13.9 Å². The molecule has 0 aliphatic rings. The molecule has 0 saturated carbocycles. The van der Waals surface area contributed by atoms with Gasteiger partial charge in [0.15, 0.2) is 0 Å². The Hall–Kier alpha value is -1.58. The first-order valence-corrected chi connectivity index (χ1v) is 6.26. The monoisotopic (exact) mass is 253 g/mol. The molecule has 0 N–H and O–H groups in total. The number of hydrogen-bond donors (Lipinski definition) is 0. The highest BCUT2D eigenvalue weighted by atomic mass is 19.1. The zero-order valence-electron chi connectivity index (χ0n) is 11.2. The highest BCUT2D eigenvalue weighted by molar-refractivity contribution is 5.94. The number of halogens is 1. The number of rotatable bonds is 6. The summed E-state index contributed by atoms with van der Waals surface area (Å²) in [6.45, 7) is 5.30. The van der Waals surface area contributed by atoms with Gasteiger partial charge in [0, 0.05) is 19.2 Å². The molecular weight excluding hydrogens is 233 g/mol. The molecule has 0 atom stereocenters. The summed E-state index contributed by atoms with van der Waals surface area (Å²) in [5, 5.41) is 0. The molecule has 1 aromatic rings. The van der Waals surface area contributed by atoms with Gasteiger partial charge in [-0.05, 0) is 25.0 Å². The Morgan fingerprint density at radius 2 is 1.89 bits per heavy atom. The van der Waals surface area contributed by atoms with Gasteiger partial charge < -0.3 is 9.64 Å². The van der Waals surface area contributed by atoms with Crippen LogP contribution in [-0.4, -0.2) is 31.0 Å². The lowest BCUT2D eigenvalue weighted by Gasteiger charge is -2.21. The third kappa shape index (κ3) is 3.45. The predicted molar refractivity (Wildman–Crippen MR) is 69.4 cm³/mol. The molecule has 0 saturated heterocycles. The van der Waals surface area contributed by atoms with E-state index in [4.69, 9.17) is 4.74 Å². The average Bonchev–Trinajstić information content (AvgIpc) is 2.37. The smallest absolute Gasteiger partial charge is 0.256 e. The summed E-state index contributed by atoms with van der Waals surface area (Å²) in [6, 6.07) is 4.32. The van der Waals surface area contributed by atoms with Crippen molar-refractivity contribution in [2.45, 2.75) is 26.7 Å². The van der Waals surface area contributed by atoms with Gasteiger partial charge >= 0.3 is 0 Å².